The third-order valence-corrected chi connectivity index (χ3v) is 10.7. The van der Waals surface area contributed by atoms with Crippen LogP contribution in [0, 0.1) is 0 Å². The summed E-state index contributed by atoms with van der Waals surface area (Å²) >= 11 is 1.88. The van der Waals surface area contributed by atoms with E-state index in [2.05, 4.69) is 205 Å². The van der Waals surface area contributed by atoms with Crippen molar-refractivity contribution in [2.75, 3.05) is 4.90 Å². The Labute approximate surface area is 297 Å². The molecule has 1 nitrogen and oxygen atoms in total. The first kappa shape index (κ1) is 29.9. The van der Waals surface area contributed by atoms with Crippen molar-refractivity contribution in [2.24, 2.45) is 0 Å². The Morgan fingerprint density at radius 3 is 1.48 bits per heavy atom. The quantitative estimate of drug-likeness (QED) is 0.165. The Morgan fingerprint density at radius 2 is 0.820 bits per heavy atom. The average molecular weight is 656 g/mol. The van der Waals surface area contributed by atoms with Gasteiger partial charge in [0.05, 0.1) is 11.4 Å². The van der Waals surface area contributed by atoms with Crippen LogP contribution in [0.1, 0.15) is 0 Å². The molecule has 0 saturated carbocycles. The molecule has 1 aromatic heterocycles. The number of nitrogens with zero attached hydrogens (tertiary/aromatic N) is 1. The van der Waals surface area contributed by atoms with E-state index in [0.29, 0.717) is 0 Å². The summed E-state index contributed by atoms with van der Waals surface area (Å²) in [6.07, 6.45) is 0. The van der Waals surface area contributed by atoms with Crippen LogP contribution in [0.4, 0.5) is 17.1 Å². The minimum Gasteiger partial charge on any atom is -0.309 e. The van der Waals surface area contributed by atoms with Gasteiger partial charge >= 0.3 is 0 Å². The molecule has 0 unspecified atom stereocenters. The predicted molar refractivity (Wildman–Crippen MR) is 216 cm³/mol. The SMILES string of the molecule is c1ccc(-c2ccc(-c3c(N(c4ccc(-c5ccccc5)cc4)c4ccccc4-c4ccccc4)ccc4c3sc3ccccc34)cc2)cc1. The van der Waals surface area contributed by atoms with Gasteiger partial charge in [-0.3, -0.25) is 0 Å². The van der Waals surface area contributed by atoms with Crippen LogP contribution in [0.2, 0.25) is 0 Å². The van der Waals surface area contributed by atoms with Crippen LogP contribution in [-0.2, 0) is 0 Å². The summed E-state index contributed by atoms with van der Waals surface area (Å²) in [6, 6.07) is 72.3. The monoisotopic (exact) mass is 655 g/mol. The molecule has 0 N–H and O–H groups in total. The molecule has 8 aromatic carbocycles. The van der Waals surface area contributed by atoms with Gasteiger partial charge < -0.3 is 4.90 Å². The van der Waals surface area contributed by atoms with Crippen LogP contribution in [0.3, 0.4) is 0 Å². The topological polar surface area (TPSA) is 3.24 Å². The Bertz CT molecular complexity index is 2550. The fraction of sp³-hybridized carbons (Fsp3) is 0. The van der Waals surface area contributed by atoms with Crippen molar-refractivity contribution < 1.29 is 0 Å². The largest absolute Gasteiger partial charge is 0.309 e. The van der Waals surface area contributed by atoms with Crippen molar-refractivity contribution in [1.82, 2.24) is 0 Å². The summed E-state index contributed by atoms with van der Waals surface area (Å²) in [4.78, 5) is 2.46. The average Bonchev–Trinajstić information content (AvgIpc) is 3.58. The van der Waals surface area contributed by atoms with E-state index in [4.69, 9.17) is 0 Å². The number of anilines is 3. The predicted octanol–water partition coefficient (Wildman–Crippen LogP) is 14.2. The molecule has 0 aliphatic carbocycles. The molecule has 50 heavy (non-hydrogen) atoms. The first-order chi connectivity index (χ1) is 24.8. The van der Waals surface area contributed by atoms with E-state index in [1.54, 1.807) is 0 Å². The lowest BCUT2D eigenvalue weighted by Gasteiger charge is -2.30. The number of fused-ring (bicyclic) bond motifs is 3. The van der Waals surface area contributed by atoms with Crippen molar-refractivity contribution >= 4 is 48.6 Å². The first-order valence-corrected chi connectivity index (χ1v) is 17.8. The number of hydrogen-bond acceptors (Lipinski definition) is 2. The van der Waals surface area contributed by atoms with Crippen molar-refractivity contribution in [2.45, 2.75) is 0 Å². The van der Waals surface area contributed by atoms with E-state index < -0.39 is 0 Å². The smallest absolute Gasteiger partial charge is 0.0554 e. The third kappa shape index (κ3) is 5.46. The standard InChI is InChI=1S/C48H33NS/c1-4-14-34(15-5-1)36-24-26-39(27-25-36)47-45(33-32-43-42-21-11-13-23-46(42)50-48(43)47)49(40-30-28-37(29-31-40)35-16-6-2-7-17-35)44-22-12-10-20-41(44)38-18-8-3-9-19-38/h1-33H. The van der Waals surface area contributed by atoms with Crippen LogP contribution < -0.4 is 4.90 Å². The van der Waals surface area contributed by atoms with Crippen LogP contribution >= 0.6 is 11.3 Å². The van der Waals surface area contributed by atoms with Crippen LogP contribution in [0.5, 0.6) is 0 Å². The highest BCUT2D eigenvalue weighted by Gasteiger charge is 2.23. The number of rotatable bonds is 7. The van der Waals surface area contributed by atoms with Gasteiger partial charge in [0, 0.05) is 37.0 Å². The van der Waals surface area contributed by atoms with E-state index in [0.717, 1.165) is 17.1 Å². The van der Waals surface area contributed by atoms with Crippen LogP contribution in [0.15, 0.2) is 200 Å². The summed E-state index contributed by atoms with van der Waals surface area (Å²) in [7, 11) is 0. The molecular weight excluding hydrogens is 623 g/mol. The Balaban J connectivity index is 1.31. The van der Waals surface area contributed by atoms with Crippen LogP contribution in [-0.4, -0.2) is 0 Å². The second-order valence-electron chi connectivity index (χ2n) is 12.5. The molecule has 9 rings (SSSR count). The fourth-order valence-corrected chi connectivity index (χ4v) is 8.34. The zero-order valence-electron chi connectivity index (χ0n) is 27.4. The molecule has 0 atom stereocenters. The van der Waals surface area contributed by atoms with E-state index in [1.165, 1.54) is 64.7 Å². The Kier molecular flexibility index (Phi) is 7.77. The molecule has 0 spiro atoms. The van der Waals surface area contributed by atoms with E-state index in [-0.39, 0.29) is 0 Å². The molecule has 0 fully saturated rings. The summed E-state index contributed by atoms with van der Waals surface area (Å²) in [6.45, 7) is 0. The maximum Gasteiger partial charge on any atom is 0.0554 e. The lowest BCUT2D eigenvalue weighted by atomic mass is 9.95. The Morgan fingerprint density at radius 1 is 0.320 bits per heavy atom. The highest BCUT2D eigenvalue weighted by atomic mass is 32.1. The number of thiophene rings is 1. The second-order valence-corrected chi connectivity index (χ2v) is 13.6. The number of benzene rings is 8. The molecule has 0 saturated heterocycles. The van der Waals surface area contributed by atoms with Gasteiger partial charge in [-0.25, -0.2) is 0 Å². The molecular formula is C48H33NS. The van der Waals surface area contributed by atoms with E-state index in [9.17, 15) is 0 Å². The molecule has 9 aromatic rings. The fourth-order valence-electron chi connectivity index (χ4n) is 7.08. The molecule has 0 aliphatic heterocycles. The zero-order valence-corrected chi connectivity index (χ0v) is 28.2. The lowest BCUT2D eigenvalue weighted by Crippen LogP contribution is -2.12. The maximum atomic E-state index is 2.46. The van der Waals surface area contributed by atoms with E-state index in [1.807, 2.05) is 11.3 Å². The molecule has 0 aliphatic rings. The molecule has 1 heterocycles. The van der Waals surface area contributed by atoms with Gasteiger partial charge in [0.1, 0.15) is 0 Å². The minimum atomic E-state index is 1.11. The minimum absolute atomic E-state index is 1.11. The maximum absolute atomic E-state index is 2.46. The zero-order chi connectivity index (χ0) is 33.3. The summed E-state index contributed by atoms with van der Waals surface area (Å²) in [5, 5.41) is 2.58. The molecule has 236 valence electrons. The van der Waals surface area contributed by atoms with Crippen molar-refractivity contribution in [3.8, 4) is 44.5 Å². The van der Waals surface area contributed by atoms with Gasteiger partial charge in [0.15, 0.2) is 0 Å². The normalized spacial score (nSPS) is 11.2. The second kappa shape index (κ2) is 13.0. The van der Waals surface area contributed by atoms with Gasteiger partial charge in [-0.2, -0.15) is 0 Å². The van der Waals surface area contributed by atoms with Gasteiger partial charge in [0.2, 0.25) is 0 Å². The molecule has 0 bridgehead atoms. The van der Waals surface area contributed by atoms with Gasteiger partial charge in [-0.15, -0.1) is 11.3 Å². The highest BCUT2D eigenvalue weighted by molar-refractivity contribution is 7.26. The third-order valence-electron chi connectivity index (χ3n) is 9.51. The number of hydrogen-bond donors (Lipinski definition) is 0. The van der Waals surface area contributed by atoms with E-state index >= 15 is 0 Å². The first-order valence-electron chi connectivity index (χ1n) is 17.0. The van der Waals surface area contributed by atoms with Crippen molar-refractivity contribution in [1.29, 1.82) is 0 Å². The van der Waals surface area contributed by atoms with Gasteiger partial charge in [-0.1, -0.05) is 170 Å². The summed E-state index contributed by atoms with van der Waals surface area (Å²) in [5.41, 5.74) is 13.0. The summed E-state index contributed by atoms with van der Waals surface area (Å²) < 4.78 is 2.59. The lowest BCUT2D eigenvalue weighted by molar-refractivity contribution is 1.29. The molecule has 0 amide bonds. The number of para-hydroxylation sites is 1. The van der Waals surface area contributed by atoms with Gasteiger partial charge in [0.25, 0.3) is 0 Å². The van der Waals surface area contributed by atoms with Crippen molar-refractivity contribution in [3.05, 3.63) is 200 Å². The summed E-state index contributed by atoms with van der Waals surface area (Å²) in [5.74, 6) is 0. The Hall–Kier alpha value is -6.22. The molecule has 0 radical (unpaired) electrons. The van der Waals surface area contributed by atoms with Gasteiger partial charge in [-0.05, 0) is 63.7 Å². The molecule has 2 heteroatoms. The highest BCUT2D eigenvalue weighted by Crippen LogP contribution is 2.50. The van der Waals surface area contributed by atoms with Crippen molar-refractivity contribution in [3.63, 3.8) is 0 Å². The van der Waals surface area contributed by atoms with Crippen LogP contribution in [0.25, 0.3) is 64.7 Å².